The Balaban J connectivity index is 1.53. The van der Waals surface area contributed by atoms with E-state index in [0.717, 1.165) is 12.8 Å². The Morgan fingerprint density at radius 1 is 0.839 bits per heavy atom. The summed E-state index contributed by atoms with van der Waals surface area (Å²) in [5.74, 6) is -7.17. The minimum Gasteiger partial charge on any atom is -0.432 e. The predicted molar refractivity (Wildman–Crippen MR) is 93.6 cm³/mol. The summed E-state index contributed by atoms with van der Waals surface area (Å²) in [7, 11) is 0. The summed E-state index contributed by atoms with van der Waals surface area (Å²) in [6.07, 6.45) is -5.67. The minimum atomic E-state index is -5.33. The Kier molecular flexibility index (Phi) is 7.56. The van der Waals surface area contributed by atoms with Crippen LogP contribution in [-0.4, -0.2) is 32.0 Å². The van der Waals surface area contributed by atoms with Gasteiger partial charge in [0.1, 0.15) is 5.75 Å². The van der Waals surface area contributed by atoms with Gasteiger partial charge in [0.25, 0.3) is 0 Å². The third kappa shape index (κ3) is 6.86. The summed E-state index contributed by atoms with van der Waals surface area (Å²) in [6.45, 7) is 1.29. The summed E-state index contributed by atoms with van der Waals surface area (Å²) in [6, 6.07) is 0.488. The van der Waals surface area contributed by atoms with Crippen molar-refractivity contribution in [3.8, 4) is 11.5 Å². The first kappa shape index (κ1) is 23.9. The monoisotopic (exact) mass is 460 g/mol. The van der Waals surface area contributed by atoms with Gasteiger partial charge in [0.05, 0.1) is 19.1 Å². The lowest BCUT2D eigenvalue weighted by Crippen LogP contribution is -2.37. The Labute approximate surface area is 174 Å². The second-order valence-corrected chi connectivity index (χ2v) is 7.75. The van der Waals surface area contributed by atoms with Gasteiger partial charge in [-0.1, -0.05) is 0 Å². The molecular formula is C20H23F7O4. The molecule has 11 heteroatoms. The van der Waals surface area contributed by atoms with E-state index >= 15 is 0 Å². The van der Waals surface area contributed by atoms with Gasteiger partial charge in [-0.15, -0.1) is 13.2 Å². The van der Waals surface area contributed by atoms with E-state index in [9.17, 15) is 30.7 Å². The third-order valence-electron chi connectivity index (χ3n) is 5.47. The lowest BCUT2D eigenvalue weighted by Gasteiger charge is -2.34. The van der Waals surface area contributed by atoms with Crippen molar-refractivity contribution in [2.24, 2.45) is 11.8 Å². The summed E-state index contributed by atoms with van der Waals surface area (Å²) >= 11 is 0. The molecule has 1 aliphatic carbocycles. The molecule has 1 aliphatic heterocycles. The van der Waals surface area contributed by atoms with Crippen molar-refractivity contribution in [3.05, 3.63) is 23.8 Å². The van der Waals surface area contributed by atoms with E-state index in [-0.39, 0.29) is 37.2 Å². The van der Waals surface area contributed by atoms with Crippen LogP contribution in [0.5, 0.6) is 11.5 Å². The standard InChI is InChI=1S/C20H23F7O4/c21-15-10-14(11-16(22)18(15)31-20(25,26)27)30-19(23,24)13-5-2-12(3-6-13)4-7-17-28-8-1-9-29-17/h10-13,17H,1-9H2. The van der Waals surface area contributed by atoms with Gasteiger partial charge in [-0.2, -0.15) is 8.78 Å². The Morgan fingerprint density at radius 2 is 1.42 bits per heavy atom. The molecule has 2 aliphatic rings. The van der Waals surface area contributed by atoms with Crippen LogP contribution in [0.1, 0.15) is 44.9 Å². The first-order valence-corrected chi connectivity index (χ1v) is 10.1. The second kappa shape index (κ2) is 9.81. The molecule has 0 N–H and O–H groups in total. The lowest BCUT2D eigenvalue weighted by atomic mass is 9.79. The van der Waals surface area contributed by atoms with E-state index in [1.165, 1.54) is 0 Å². The summed E-state index contributed by atoms with van der Waals surface area (Å²) in [5.41, 5.74) is 0. The van der Waals surface area contributed by atoms with Gasteiger partial charge in [-0.05, 0) is 50.9 Å². The molecule has 1 heterocycles. The smallest absolute Gasteiger partial charge is 0.432 e. The quantitative estimate of drug-likeness (QED) is 0.455. The molecular weight excluding hydrogens is 437 g/mol. The van der Waals surface area contributed by atoms with E-state index in [2.05, 4.69) is 9.47 Å². The number of hydrogen-bond acceptors (Lipinski definition) is 4. The van der Waals surface area contributed by atoms with Crippen LogP contribution in [0.3, 0.4) is 0 Å². The number of ether oxygens (including phenoxy) is 4. The van der Waals surface area contributed by atoms with Gasteiger partial charge in [0.2, 0.25) is 5.75 Å². The highest BCUT2D eigenvalue weighted by atomic mass is 19.4. The van der Waals surface area contributed by atoms with Crippen LogP contribution in [-0.2, 0) is 9.47 Å². The molecule has 4 nitrogen and oxygen atoms in total. The molecule has 3 rings (SSSR count). The summed E-state index contributed by atoms with van der Waals surface area (Å²) < 4.78 is 112. The van der Waals surface area contributed by atoms with Gasteiger partial charge in [0, 0.05) is 12.1 Å². The molecule has 2 fully saturated rings. The molecule has 1 saturated heterocycles. The average Bonchev–Trinajstić information content (AvgIpc) is 2.69. The maximum Gasteiger partial charge on any atom is 0.573 e. The summed E-state index contributed by atoms with van der Waals surface area (Å²) in [5, 5.41) is 0. The normalized spacial score (nSPS) is 23.6. The highest BCUT2D eigenvalue weighted by Gasteiger charge is 2.44. The molecule has 0 amide bonds. The van der Waals surface area contributed by atoms with Crippen LogP contribution in [0.2, 0.25) is 0 Å². The zero-order chi connectivity index (χ0) is 22.6. The lowest BCUT2D eigenvalue weighted by molar-refractivity contribution is -0.276. The van der Waals surface area contributed by atoms with Crippen molar-refractivity contribution < 1.29 is 49.7 Å². The first-order chi connectivity index (χ1) is 14.5. The Bertz CT molecular complexity index is 704. The molecule has 1 aromatic carbocycles. The zero-order valence-electron chi connectivity index (χ0n) is 16.5. The van der Waals surface area contributed by atoms with E-state index < -0.39 is 41.5 Å². The second-order valence-electron chi connectivity index (χ2n) is 7.75. The van der Waals surface area contributed by atoms with E-state index in [1.807, 2.05) is 0 Å². The number of benzene rings is 1. The molecule has 176 valence electrons. The molecule has 0 radical (unpaired) electrons. The van der Waals surface area contributed by atoms with Gasteiger partial charge < -0.3 is 18.9 Å². The summed E-state index contributed by atoms with van der Waals surface area (Å²) in [4.78, 5) is 0. The molecule has 0 bridgehead atoms. The van der Waals surface area contributed by atoms with Crippen LogP contribution in [0.4, 0.5) is 30.7 Å². The zero-order valence-corrected chi connectivity index (χ0v) is 16.5. The van der Waals surface area contributed by atoms with Crippen molar-refractivity contribution >= 4 is 0 Å². The van der Waals surface area contributed by atoms with Gasteiger partial charge in [-0.3, -0.25) is 0 Å². The number of alkyl halides is 5. The van der Waals surface area contributed by atoms with E-state index in [0.29, 0.717) is 32.5 Å². The van der Waals surface area contributed by atoms with E-state index in [4.69, 9.17) is 9.47 Å². The van der Waals surface area contributed by atoms with Crippen LogP contribution in [0.15, 0.2) is 12.1 Å². The molecule has 0 aromatic heterocycles. The molecule has 31 heavy (non-hydrogen) atoms. The Morgan fingerprint density at radius 3 is 1.97 bits per heavy atom. The van der Waals surface area contributed by atoms with Crippen molar-refractivity contribution in [1.82, 2.24) is 0 Å². The van der Waals surface area contributed by atoms with E-state index in [1.54, 1.807) is 0 Å². The fourth-order valence-electron chi connectivity index (χ4n) is 3.91. The van der Waals surface area contributed by atoms with Crippen LogP contribution in [0, 0.1) is 23.5 Å². The first-order valence-electron chi connectivity index (χ1n) is 10.1. The number of hydrogen-bond donors (Lipinski definition) is 0. The fourth-order valence-corrected chi connectivity index (χ4v) is 3.91. The highest BCUT2D eigenvalue weighted by molar-refractivity contribution is 5.35. The van der Waals surface area contributed by atoms with Crippen molar-refractivity contribution in [3.63, 3.8) is 0 Å². The van der Waals surface area contributed by atoms with Crippen LogP contribution in [0.25, 0.3) is 0 Å². The SMILES string of the molecule is Fc1cc(OC(F)(F)C2CCC(CCC3OCCCO3)CC2)cc(F)c1OC(F)(F)F. The average molecular weight is 460 g/mol. The number of rotatable bonds is 7. The van der Waals surface area contributed by atoms with Gasteiger partial charge in [0.15, 0.2) is 17.9 Å². The maximum atomic E-state index is 14.5. The molecule has 0 spiro atoms. The molecule has 0 unspecified atom stereocenters. The largest absolute Gasteiger partial charge is 0.573 e. The third-order valence-corrected chi connectivity index (χ3v) is 5.47. The van der Waals surface area contributed by atoms with Crippen molar-refractivity contribution in [2.45, 2.75) is 63.7 Å². The van der Waals surface area contributed by atoms with Crippen LogP contribution < -0.4 is 9.47 Å². The van der Waals surface area contributed by atoms with Crippen molar-refractivity contribution in [2.75, 3.05) is 13.2 Å². The number of halogens is 7. The fraction of sp³-hybridized carbons (Fsp3) is 0.700. The minimum absolute atomic E-state index is 0.143. The Hall–Kier alpha value is -1.75. The van der Waals surface area contributed by atoms with Crippen molar-refractivity contribution in [1.29, 1.82) is 0 Å². The molecule has 0 atom stereocenters. The highest BCUT2D eigenvalue weighted by Crippen LogP contribution is 2.42. The maximum absolute atomic E-state index is 14.5. The molecule has 1 aromatic rings. The topological polar surface area (TPSA) is 36.9 Å². The predicted octanol–water partition coefficient (Wildman–Crippen LogP) is 6.18. The van der Waals surface area contributed by atoms with Crippen LogP contribution >= 0.6 is 0 Å². The van der Waals surface area contributed by atoms with Gasteiger partial charge in [-0.25, -0.2) is 8.78 Å². The molecule has 1 saturated carbocycles. The van der Waals surface area contributed by atoms with Gasteiger partial charge >= 0.3 is 12.5 Å².